The Hall–Kier alpha value is -3.61. The van der Waals surface area contributed by atoms with Gasteiger partial charge in [0.2, 0.25) is 5.95 Å². The summed E-state index contributed by atoms with van der Waals surface area (Å²) in [5.74, 6) is 0.591. The predicted octanol–water partition coefficient (Wildman–Crippen LogP) is -0.00240. The Kier molecular flexibility index (Phi) is 4.96. The molecule has 2 aromatic heterocycles. The van der Waals surface area contributed by atoms with Crippen LogP contribution in [0.3, 0.4) is 0 Å². The minimum atomic E-state index is -1.37. The predicted molar refractivity (Wildman–Crippen MR) is 113 cm³/mol. The summed E-state index contributed by atoms with van der Waals surface area (Å²) in [6.07, 6.45) is -1.13. The van der Waals surface area contributed by atoms with E-state index in [1.54, 1.807) is 6.21 Å². The van der Waals surface area contributed by atoms with Crippen LogP contribution in [0.25, 0.3) is 11.2 Å². The molecule has 32 heavy (non-hydrogen) atoms. The first-order chi connectivity index (χ1) is 15.4. The number of para-hydroxylation sites is 1. The summed E-state index contributed by atoms with van der Waals surface area (Å²) >= 11 is 0. The molecule has 0 aliphatic carbocycles. The summed E-state index contributed by atoms with van der Waals surface area (Å²) in [6, 6.07) is 5.83. The molecule has 2 aliphatic rings. The molecule has 0 saturated carbocycles. The molecule has 3 aromatic rings. The van der Waals surface area contributed by atoms with Gasteiger partial charge in [-0.25, -0.2) is 10.4 Å². The first-order valence-electron chi connectivity index (χ1n) is 10.00. The van der Waals surface area contributed by atoms with Gasteiger partial charge in [-0.15, -0.1) is 0 Å². The van der Waals surface area contributed by atoms with Crippen molar-refractivity contribution in [3.05, 3.63) is 35.7 Å². The summed E-state index contributed by atoms with van der Waals surface area (Å²) in [5, 5.41) is 24.7. The van der Waals surface area contributed by atoms with Crippen LogP contribution in [0.1, 0.15) is 24.3 Å². The van der Waals surface area contributed by atoms with Crippen molar-refractivity contribution in [1.82, 2.24) is 19.5 Å². The van der Waals surface area contributed by atoms with Crippen molar-refractivity contribution in [1.29, 1.82) is 0 Å². The number of aromatic nitrogens is 4. The van der Waals surface area contributed by atoms with Gasteiger partial charge in [0.25, 0.3) is 0 Å². The molecule has 5 N–H and O–H groups in total. The van der Waals surface area contributed by atoms with E-state index in [0.29, 0.717) is 6.61 Å². The fraction of sp³-hybridized carbons (Fsp3) is 0.350. The highest BCUT2D eigenvalue weighted by Gasteiger charge is 2.46. The minimum Gasteiger partial charge on any atom is -0.492 e. The van der Waals surface area contributed by atoms with Gasteiger partial charge in [0.15, 0.2) is 23.5 Å². The van der Waals surface area contributed by atoms with Crippen LogP contribution in [0.5, 0.6) is 5.75 Å². The average Bonchev–Trinajstić information content (AvgIpc) is 3.47. The molecule has 12 heteroatoms. The van der Waals surface area contributed by atoms with E-state index in [-0.39, 0.29) is 22.9 Å². The Morgan fingerprint density at radius 2 is 2.19 bits per heavy atom. The molecule has 12 nitrogen and oxygen atoms in total. The van der Waals surface area contributed by atoms with Crippen LogP contribution in [-0.4, -0.2) is 66.6 Å². The third-order valence-corrected chi connectivity index (χ3v) is 5.47. The molecule has 0 amide bonds. The number of aliphatic hydroxyl groups is 2. The molecule has 2 aliphatic heterocycles. The molecule has 1 fully saturated rings. The highest BCUT2D eigenvalue weighted by atomic mass is 16.6. The molecule has 4 heterocycles. The van der Waals surface area contributed by atoms with Crippen LogP contribution in [0.2, 0.25) is 0 Å². The van der Waals surface area contributed by atoms with Crippen LogP contribution in [0, 0.1) is 0 Å². The van der Waals surface area contributed by atoms with Gasteiger partial charge >= 0.3 is 0 Å². The molecule has 1 aromatic carbocycles. The fourth-order valence-corrected chi connectivity index (χ4v) is 3.90. The largest absolute Gasteiger partial charge is 0.492 e. The van der Waals surface area contributed by atoms with E-state index in [1.807, 2.05) is 18.2 Å². The SMILES string of the molecule is CC(=O)[C@H]1O[C@@H](n2cnc3c(N)nc(N/N=C/c4cccc5c4OCC5)nc32)[C@H](O)[C@@H]1O. The zero-order valence-electron chi connectivity index (χ0n) is 17.0. The van der Waals surface area contributed by atoms with Gasteiger partial charge in [0, 0.05) is 12.0 Å². The van der Waals surface area contributed by atoms with E-state index in [2.05, 4.69) is 25.5 Å². The molecule has 0 radical (unpaired) electrons. The minimum absolute atomic E-state index is 0.0894. The van der Waals surface area contributed by atoms with Crippen molar-refractivity contribution < 1.29 is 24.5 Å². The van der Waals surface area contributed by atoms with E-state index in [9.17, 15) is 15.0 Å². The second kappa shape index (κ2) is 7.82. The number of nitrogens with two attached hydrogens (primary N) is 1. The van der Waals surface area contributed by atoms with E-state index >= 15 is 0 Å². The lowest BCUT2D eigenvalue weighted by Crippen LogP contribution is -2.34. The molecule has 166 valence electrons. The van der Waals surface area contributed by atoms with Crippen molar-refractivity contribution in [3.8, 4) is 5.75 Å². The van der Waals surface area contributed by atoms with Gasteiger partial charge in [-0.2, -0.15) is 15.1 Å². The molecule has 1 saturated heterocycles. The molecule has 0 spiro atoms. The Morgan fingerprint density at radius 3 is 2.97 bits per heavy atom. The zero-order chi connectivity index (χ0) is 22.4. The van der Waals surface area contributed by atoms with Crippen LogP contribution in [0.15, 0.2) is 29.6 Å². The lowest BCUT2D eigenvalue weighted by atomic mass is 10.1. The van der Waals surface area contributed by atoms with Gasteiger partial charge in [0.05, 0.1) is 19.1 Å². The molecule has 0 bridgehead atoms. The molecule has 0 unspecified atom stereocenters. The smallest absolute Gasteiger partial charge is 0.247 e. The van der Waals surface area contributed by atoms with Crippen molar-refractivity contribution in [2.75, 3.05) is 17.8 Å². The number of benzene rings is 1. The number of ether oxygens (including phenoxy) is 2. The lowest BCUT2D eigenvalue weighted by molar-refractivity contribution is -0.133. The van der Waals surface area contributed by atoms with Crippen LogP contribution in [0.4, 0.5) is 11.8 Å². The topological polar surface area (TPSA) is 170 Å². The number of fused-ring (bicyclic) bond motifs is 2. The number of hydrogen-bond donors (Lipinski definition) is 4. The van der Waals surface area contributed by atoms with Crippen molar-refractivity contribution in [2.45, 2.75) is 37.9 Å². The summed E-state index contributed by atoms with van der Waals surface area (Å²) in [6.45, 7) is 1.92. The molecular formula is C20H21N7O5. The monoisotopic (exact) mass is 439 g/mol. The molecule has 4 atom stereocenters. The summed E-state index contributed by atoms with van der Waals surface area (Å²) in [7, 11) is 0. The average molecular weight is 439 g/mol. The zero-order valence-corrected chi connectivity index (χ0v) is 17.0. The van der Waals surface area contributed by atoms with Gasteiger partial charge in [0.1, 0.15) is 29.6 Å². The second-order valence-corrected chi connectivity index (χ2v) is 7.60. The Morgan fingerprint density at radius 1 is 1.34 bits per heavy atom. The van der Waals surface area contributed by atoms with Gasteiger partial charge in [-0.3, -0.25) is 9.36 Å². The lowest BCUT2D eigenvalue weighted by Gasteiger charge is -2.16. The highest BCUT2D eigenvalue weighted by molar-refractivity contribution is 5.86. The Labute approximate surface area is 181 Å². The number of anilines is 2. The van der Waals surface area contributed by atoms with Gasteiger partial charge in [-0.1, -0.05) is 12.1 Å². The third kappa shape index (κ3) is 3.34. The fourth-order valence-electron chi connectivity index (χ4n) is 3.90. The van der Waals surface area contributed by atoms with E-state index in [4.69, 9.17) is 15.2 Å². The van der Waals surface area contributed by atoms with E-state index in [1.165, 1.54) is 17.8 Å². The number of imidazole rings is 1. The van der Waals surface area contributed by atoms with Crippen LogP contribution in [-0.2, 0) is 16.0 Å². The summed E-state index contributed by atoms with van der Waals surface area (Å²) in [5.41, 5.74) is 11.2. The van der Waals surface area contributed by atoms with Crippen molar-refractivity contribution in [3.63, 3.8) is 0 Å². The molecule has 5 rings (SSSR count). The number of ketones is 1. The summed E-state index contributed by atoms with van der Waals surface area (Å²) < 4.78 is 12.6. The van der Waals surface area contributed by atoms with E-state index in [0.717, 1.165) is 23.3 Å². The Bertz CT molecular complexity index is 1230. The maximum atomic E-state index is 11.7. The number of hydrogen-bond acceptors (Lipinski definition) is 11. The van der Waals surface area contributed by atoms with Crippen molar-refractivity contribution in [2.24, 2.45) is 5.10 Å². The highest BCUT2D eigenvalue weighted by Crippen LogP contribution is 2.33. The first-order valence-corrected chi connectivity index (χ1v) is 10.00. The number of hydrazone groups is 1. The second-order valence-electron chi connectivity index (χ2n) is 7.60. The standard InChI is InChI=1S/C20H21N7O5/c1-9(28)15-13(29)14(30)19(32-15)27-8-22-12-17(21)24-20(25-18(12)27)26-23-7-11-4-2-3-10-5-6-31-16(10)11/h2-4,7-8,13-15,19,29-30H,5-6H2,1H3,(H3,21,24,25,26)/b23-7+/t13-,14+,15+,19+/m0/s1. The van der Waals surface area contributed by atoms with Gasteiger partial charge < -0.3 is 25.4 Å². The maximum Gasteiger partial charge on any atom is 0.247 e. The number of nitrogens with zero attached hydrogens (tertiary/aromatic N) is 5. The Balaban J connectivity index is 1.43. The number of Topliss-reactive ketones (excluding diaryl/α,β-unsaturated/α-hetero) is 1. The molecular weight excluding hydrogens is 418 g/mol. The maximum absolute atomic E-state index is 11.7. The van der Waals surface area contributed by atoms with Gasteiger partial charge in [-0.05, 0) is 18.6 Å². The normalized spacial score (nSPS) is 24.7. The van der Waals surface area contributed by atoms with Crippen molar-refractivity contribution >= 4 is 34.9 Å². The number of aliphatic hydroxyl groups excluding tert-OH is 2. The number of nitrogens with one attached hydrogen (secondary N) is 1. The summed E-state index contributed by atoms with van der Waals surface area (Å²) in [4.78, 5) is 24.4. The van der Waals surface area contributed by atoms with Crippen LogP contribution < -0.4 is 15.9 Å². The third-order valence-electron chi connectivity index (χ3n) is 5.47. The number of nitrogen functional groups attached to an aromatic ring is 1. The first kappa shape index (κ1) is 20.3. The van der Waals surface area contributed by atoms with Crippen LogP contribution >= 0.6 is 0 Å². The quantitative estimate of drug-likeness (QED) is 0.313. The number of carbonyl (C=O) groups is 1. The number of rotatable bonds is 5. The number of carbonyl (C=O) groups excluding carboxylic acids is 1. The van der Waals surface area contributed by atoms with E-state index < -0.39 is 30.3 Å².